The molecular weight excluding hydrogens is 248 g/mol. The highest BCUT2D eigenvalue weighted by atomic mass is 32.3. The molecule has 0 spiro atoms. The van der Waals surface area contributed by atoms with Crippen molar-refractivity contribution in [1.82, 2.24) is 0 Å². The summed E-state index contributed by atoms with van der Waals surface area (Å²) < 4.78 is 36.2. The van der Waals surface area contributed by atoms with E-state index in [4.69, 9.17) is 4.18 Å². The van der Waals surface area contributed by atoms with E-state index in [1.807, 2.05) is 0 Å². The molecule has 0 heterocycles. The zero-order chi connectivity index (χ0) is 13.7. The van der Waals surface area contributed by atoms with Crippen LogP contribution in [-0.4, -0.2) is 26.8 Å². The Morgan fingerprint density at radius 2 is 1.88 bits per heavy atom. The Hall–Kier alpha value is -0.920. The van der Waals surface area contributed by atoms with Crippen molar-refractivity contribution in [3.63, 3.8) is 0 Å². The summed E-state index contributed by atoms with van der Waals surface area (Å²) in [7, 11) is -4.18. The normalized spacial score (nSPS) is 12.2. The van der Waals surface area contributed by atoms with Gasteiger partial charge in [0.05, 0.1) is 5.60 Å². The minimum atomic E-state index is -4.18. The zero-order valence-electron chi connectivity index (χ0n) is 10.5. The first-order valence-electron chi connectivity index (χ1n) is 5.02. The van der Waals surface area contributed by atoms with Gasteiger partial charge in [-0.1, -0.05) is 13.5 Å². The minimum absolute atomic E-state index is 0.154. The molecule has 0 fully saturated rings. The monoisotopic (exact) mass is 266 g/mol. The molecule has 0 unspecified atom stereocenters. The Balaban J connectivity index is 4.21. The molecular formula is C10H18O6S. The number of hydrogen-bond acceptors (Lipinski definition) is 6. The van der Waals surface area contributed by atoms with E-state index < -0.39 is 28.8 Å². The van der Waals surface area contributed by atoms with Crippen molar-refractivity contribution >= 4 is 16.4 Å². The molecule has 0 aromatic heterocycles. The molecule has 0 saturated carbocycles. The quantitative estimate of drug-likeness (QED) is 0.395. The Bertz CT molecular complexity index is 382. The smallest absolute Gasteiger partial charge is 0.403 e. The van der Waals surface area contributed by atoms with Crippen LogP contribution < -0.4 is 0 Å². The summed E-state index contributed by atoms with van der Waals surface area (Å²) in [6.45, 7) is 9.03. The van der Waals surface area contributed by atoms with Crippen LogP contribution in [0.1, 0.15) is 34.1 Å². The summed E-state index contributed by atoms with van der Waals surface area (Å²) in [6, 6.07) is 0. The second-order valence-corrected chi connectivity index (χ2v) is 5.27. The number of carbonyl (C=O) groups excluding carboxylic acids is 1. The molecule has 0 aromatic rings. The Kier molecular flexibility index (Phi) is 5.80. The van der Waals surface area contributed by atoms with Gasteiger partial charge in [0, 0.05) is 5.57 Å². The molecule has 0 atom stereocenters. The highest BCUT2D eigenvalue weighted by Gasteiger charge is 2.26. The molecule has 0 amide bonds. The van der Waals surface area contributed by atoms with Gasteiger partial charge in [-0.3, -0.25) is 0 Å². The fourth-order valence-corrected chi connectivity index (χ4v) is 1.50. The van der Waals surface area contributed by atoms with Gasteiger partial charge in [0.1, 0.15) is 0 Å². The first-order chi connectivity index (χ1) is 7.59. The SMILES string of the molecule is C=C(C)C(=O)OCOS(=O)(=O)OC(C)(C)CC. The van der Waals surface area contributed by atoms with Crippen LogP contribution in [0.2, 0.25) is 0 Å². The van der Waals surface area contributed by atoms with Crippen LogP contribution in [0.5, 0.6) is 0 Å². The van der Waals surface area contributed by atoms with Gasteiger partial charge < -0.3 is 4.74 Å². The van der Waals surface area contributed by atoms with Crippen LogP contribution in [0.15, 0.2) is 12.2 Å². The Labute approximate surface area is 102 Å². The third kappa shape index (κ3) is 7.09. The minimum Gasteiger partial charge on any atom is -0.434 e. The van der Waals surface area contributed by atoms with Gasteiger partial charge in [-0.25, -0.2) is 13.2 Å². The molecule has 0 radical (unpaired) electrons. The summed E-state index contributed by atoms with van der Waals surface area (Å²) in [5.74, 6) is -0.727. The predicted octanol–water partition coefficient (Wildman–Crippen LogP) is 1.53. The van der Waals surface area contributed by atoms with E-state index in [0.29, 0.717) is 6.42 Å². The number of ether oxygens (including phenoxy) is 1. The van der Waals surface area contributed by atoms with Crippen LogP contribution in [0.4, 0.5) is 0 Å². The fraction of sp³-hybridized carbons (Fsp3) is 0.700. The van der Waals surface area contributed by atoms with Crippen molar-refractivity contribution in [2.24, 2.45) is 0 Å². The molecule has 6 nitrogen and oxygen atoms in total. The van der Waals surface area contributed by atoms with Crippen LogP contribution in [-0.2, 0) is 28.3 Å². The topological polar surface area (TPSA) is 78.9 Å². The zero-order valence-corrected chi connectivity index (χ0v) is 11.3. The number of esters is 1. The van der Waals surface area contributed by atoms with E-state index in [1.54, 1.807) is 20.8 Å². The molecule has 0 aromatic carbocycles. The van der Waals surface area contributed by atoms with Crippen molar-refractivity contribution in [1.29, 1.82) is 0 Å². The van der Waals surface area contributed by atoms with Gasteiger partial charge in [-0.15, -0.1) is 0 Å². The number of hydrogen-bond donors (Lipinski definition) is 0. The fourth-order valence-electron chi connectivity index (χ4n) is 0.619. The lowest BCUT2D eigenvalue weighted by Gasteiger charge is -2.21. The Morgan fingerprint density at radius 3 is 2.29 bits per heavy atom. The van der Waals surface area contributed by atoms with Crippen molar-refractivity contribution < 1.29 is 26.3 Å². The molecule has 0 aliphatic heterocycles. The standard InChI is InChI=1S/C10H18O6S/c1-6-10(4,5)16-17(12,13)15-7-14-9(11)8(2)3/h2,6-7H2,1,3-5H3. The molecule has 0 bridgehead atoms. The van der Waals surface area contributed by atoms with Crippen LogP contribution >= 0.6 is 0 Å². The first kappa shape index (κ1) is 16.1. The van der Waals surface area contributed by atoms with Crippen molar-refractivity contribution in [2.75, 3.05) is 6.79 Å². The summed E-state index contributed by atoms with van der Waals surface area (Å²) in [4.78, 5) is 10.9. The maximum absolute atomic E-state index is 11.3. The van der Waals surface area contributed by atoms with Crippen LogP contribution in [0, 0.1) is 0 Å². The molecule has 0 N–H and O–H groups in total. The summed E-state index contributed by atoms with van der Waals surface area (Å²) in [5.41, 5.74) is -0.710. The summed E-state index contributed by atoms with van der Waals surface area (Å²) in [6.07, 6.45) is 0.487. The van der Waals surface area contributed by atoms with E-state index in [9.17, 15) is 13.2 Å². The van der Waals surface area contributed by atoms with Gasteiger partial charge in [0.15, 0.2) is 0 Å². The molecule has 17 heavy (non-hydrogen) atoms. The highest BCUT2D eigenvalue weighted by Crippen LogP contribution is 2.17. The van der Waals surface area contributed by atoms with E-state index >= 15 is 0 Å². The summed E-state index contributed by atoms with van der Waals surface area (Å²) >= 11 is 0. The maximum atomic E-state index is 11.3. The molecule has 100 valence electrons. The molecule has 0 aliphatic carbocycles. The van der Waals surface area contributed by atoms with Crippen molar-refractivity contribution in [3.8, 4) is 0 Å². The lowest BCUT2D eigenvalue weighted by molar-refractivity contribution is -0.145. The lowest BCUT2D eigenvalue weighted by atomic mass is 10.1. The lowest BCUT2D eigenvalue weighted by Crippen LogP contribution is -2.29. The highest BCUT2D eigenvalue weighted by molar-refractivity contribution is 7.81. The maximum Gasteiger partial charge on any atom is 0.403 e. The Morgan fingerprint density at radius 1 is 1.35 bits per heavy atom. The average Bonchev–Trinajstić information content (AvgIpc) is 2.15. The second kappa shape index (κ2) is 6.13. The van der Waals surface area contributed by atoms with Gasteiger partial charge in [-0.05, 0) is 27.2 Å². The van der Waals surface area contributed by atoms with E-state index in [1.165, 1.54) is 6.92 Å². The van der Waals surface area contributed by atoms with Crippen LogP contribution in [0.3, 0.4) is 0 Å². The average molecular weight is 266 g/mol. The van der Waals surface area contributed by atoms with Crippen molar-refractivity contribution in [3.05, 3.63) is 12.2 Å². The third-order valence-corrected chi connectivity index (χ3v) is 2.95. The van der Waals surface area contributed by atoms with Gasteiger partial charge in [0.2, 0.25) is 6.79 Å². The molecule has 0 saturated heterocycles. The summed E-state index contributed by atoms with van der Waals surface area (Å²) in [5, 5.41) is 0. The molecule has 7 heteroatoms. The predicted molar refractivity (Wildman–Crippen MR) is 61.2 cm³/mol. The second-order valence-electron chi connectivity index (χ2n) is 4.05. The van der Waals surface area contributed by atoms with Gasteiger partial charge in [-0.2, -0.15) is 8.42 Å². The van der Waals surface area contributed by atoms with Crippen molar-refractivity contribution in [2.45, 2.75) is 39.7 Å². The largest absolute Gasteiger partial charge is 0.434 e. The van der Waals surface area contributed by atoms with E-state index in [-0.39, 0.29) is 5.57 Å². The molecule has 0 aliphatic rings. The van der Waals surface area contributed by atoms with Gasteiger partial charge in [0.25, 0.3) is 0 Å². The van der Waals surface area contributed by atoms with E-state index in [2.05, 4.69) is 15.5 Å². The first-order valence-corrected chi connectivity index (χ1v) is 6.35. The molecule has 0 rings (SSSR count). The third-order valence-electron chi connectivity index (χ3n) is 1.91. The van der Waals surface area contributed by atoms with E-state index in [0.717, 1.165) is 0 Å². The number of carbonyl (C=O) groups is 1. The van der Waals surface area contributed by atoms with Crippen LogP contribution in [0.25, 0.3) is 0 Å². The number of rotatable bonds is 7. The van der Waals surface area contributed by atoms with Gasteiger partial charge >= 0.3 is 16.4 Å².